The zero-order valence-corrected chi connectivity index (χ0v) is 22.5. The van der Waals surface area contributed by atoms with Crippen LogP contribution in [0.4, 0.5) is 11.5 Å². The number of anilines is 2. The number of benzene rings is 3. The number of methoxy groups -OCH3 is 1. The minimum atomic E-state index is -1.10. The van der Waals surface area contributed by atoms with E-state index in [1.165, 1.54) is 0 Å². The van der Waals surface area contributed by atoms with Gasteiger partial charge in [-0.3, -0.25) is 9.20 Å². The van der Waals surface area contributed by atoms with Gasteiger partial charge in [-0.15, -0.1) is 0 Å². The van der Waals surface area contributed by atoms with Crippen molar-refractivity contribution in [2.24, 2.45) is 0 Å². The molecule has 8 nitrogen and oxygen atoms in total. The number of carboxylic acids is 1. The van der Waals surface area contributed by atoms with Gasteiger partial charge in [0.25, 0.3) is 5.91 Å². The number of aryl methyl sites for hydroxylation is 2. The number of aliphatic carboxylic acids is 1. The number of ether oxygens (including phenoxy) is 1. The lowest BCUT2D eigenvalue weighted by Gasteiger charge is -2.15. The van der Waals surface area contributed by atoms with E-state index in [9.17, 15) is 14.7 Å². The lowest BCUT2D eigenvalue weighted by atomic mass is 10.1. The monoisotopic (exact) mass is 534 g/mol. The first-order valence-electron chi connectivity index (χ1n) is 12.9. The maximum atomic E-state index is 13.2. The van der Waals surface area contributed by atoms with Crippen LogP contribution in [-0.4, -0.2) is 39.5 Å². The van der Waals surface area contributed by atoms with Gasteiger partial charge in [0.2, 0.25) is 0 Å². The van der Waals surface area contributed by atoms with Crippen LogP contribution in [0.5, 0.6) is 5.75 Å². The van der Waals surface area contributed by atoms with Crippen molar-refractivity contribution in [3.8, 4) is 17.0 Å². The Bertz CT molecular complexity index is 1660. The number of amides is 1. The number of nitrogens with zero attached hydrogens (tertiary/aromatic N) is 2. The predicted octanol–water partition coefficient (Wildman–Crippen LogP) is 5.80. The second-order valence-corrected chi connectivity index (χ2v) is 9.63. The Morgan fingerprint density at radius 2 is 1.65 bits per heavy atom. The fourth-order valence-corrected chi connectivity index (χ4v) is 4.68. The van der Waals surface area contributed by atoms with E-state index in [2.05, 4.69) is 10.6 Å². The maximum Gasteiger partial charge on any atom is 0.326 e. The Morgan fingerprint density at radius 3 is 2.30 bits per heavy atom. The lowest BCUT2D eigenvalue weighted by Crippen LogP contribution is -2.42. The van der Waals surface area contributed by atoms with E-state index in [0.29, 0.717) is 16.9 Å². The zero-order valence-electron chi connectivity index (χ0n) is 22.5. The van der Waals surface area contributed by atoms with Gasteiger partial charge in [-0.05, 0) is 66.9 Å². The molecule has 1 amide bonds. The molecule has 5 aromatic rings. The zero-order chi connectivity index (χ0) is 28.2. The number of pyridine rings is 1. The first-order chi connectivity index (χ1) is 19.3. The van der Waals surface area contributed by atoms with Gasteiger partial charge < -0.3 is 20.5 Å². The number of nitrogens with one attached hydrogen (secondary N) is 2. The molecule has 0 bridgehead atoms. The Hall–Kier alpha value is -5.11. The van der Waals surface area contributed by atoms with Crippen molar-refractivity contribution in [2.45, 2.75) is 26.3 Å². The molecule has 0 aliphatic carbocycles. The molecule has 2 aromatic heterocycles. The van der Waals surface area contributed by atoms with Gasteiger partial charge in [0, 0.05) is 29.4 Å². The fraction of sp³-hybridized carbons (Fsp3) is 0.156. The average Bonchev–Trinajstić information content (AvgIpc) is 3.32. The Balaban J connectivity index is 1.52. The molecule has 1 unspecified atom stereocenters. The molecule has 0 aliphatic rings. The van der Waals surface area contributed by atoms with Crippen molar-refractivity contribution in [3.63, 3.8) is 0 Å². The second-order valence-electron chi connectivity index (χ2n) is 9.63. The first-order valence-corrected chi connectivity index (χ1v) is 12.9. The number of carbonyl (C=O) groups excluding carboxylic acids is 1. The highest BCUT2D eigenvalue weighted by Gasteiger charge is 2.23. The van der Waals surface area contributed by atoms with Crippen LogP contribution in [0.25, 0.3) is 16.9 Å². The van der Waals surface area contributed by atoms with E-state index in [0.717, 1.165) is 39.5 Å². The van der Waals surface area contributed by atoms with Crippen LogP contribution >= 0.6 is 0 Å². The van der Waals surface area contributed by atoms with E-state index < -0.39 is 17.9 Å². The summed E-state index contributed by atoms with van der Waals surface area (Å²) in [5.74, 6) is -0.0960. The highest BCUT2D eigenvalue weighted by molar-refractivity contribution is 5.97. The molecule has 40 heavy (non-hydrogen) atoms. The third-order valence-electron chi connectivity index (χ3n) is 6.86. The second kappa shape index (κ2) is 11.3. The maximum absolute atomic E-state index is 13.2. The molecule has 202 valence electrons. The fourth-order valence-electron chi connectivity index (χ4n) is 4.68. The van der Waals surface area contributed by atoms with Crippen molar-refractivity contribution < 1.29 is 19.4 Å². The third-order valence-corrected chi connectivity index (χ3v) is 6.86. The van der Waals surface area contributed by atoms with E-state index >= 15 is 0 Å². The number of para-hydroxylation sites is 1. The summed E-state index contributed by atoms with van der Waals surface area (Å²) in [6, 6.07) is 25.2. The van der Waals surface area contributed by atoms with Crippen LogP contribution in [-0.2, 0) is 11.2 Å². The minimum absolute atomic E-state index is 0.180. The van der Waals surface area contributed by atoms with Crippen molar-refractivity contribution in [3.05, 3.63) is 113 Å². The molecule has 0 spiro atoms. The van der Waals surface area contributed by atoms with Crippen LogP contribution in [0.2, 0.25) is 0 Å². The number of imidazole rings is 1. The molecule has 0 aliphatic heterocycles. The molecular weight excluding hydrogens is 504 g/mol. The van der Waals surface area contributed by atoms with Gasteiger partial charge in [-0.25, -0.2) is 9.78 Å². The molecular formula is C32H30N4O4. The van der Waals surface area contributed by atoms with Gasteiger partial charge in [0.05, 0.1) is 7.11 Å². The van der Waals surface area contributed by atoms with Gasteiger partial charge in [-0.1, -0.05) is 48.5 Å². The van der Waals surface area contributed by atoms with Crippen LogP contribution in [0, 0.1) is 13.8 Å². The third kappa shape index (κ3) is 5.51. The smallest absolute Gasteiger partial charge is 0.326 e. The summed E-state index contributed by atoms with van der Waals surface area (Å²) in [6.45, 7) is 4.09. The molecule has 2 heterocycles. The number of rotatable bonds is 9. The molecule has 3 N–H and O–H groups in total. The van der Waals surface area contributed by atoms with Gasteiger partial charge in [-0.2, -0.15) is 0 Å². The molecule has 3 aromatic carbocycles. The number of carboxylic acid groups (broad SMARTS) is 1. The SMILES string of the molecule is COc1ccc(-c2nc3cc(C(=O)NC(Cc4ccccc4)C(=O)O)ccn3c2Nc2c(C)cccc2C)cc1. The Morgan fingerprint density at radius 1 is 0.950 bits per heavy atom. The van der Waals surface area contributed by atoms with Crippen molar-refractivity contribution >= 4 is 29.0 Å². The molecule has 0 fully saturated rings. The van der Waals surface area contributed by atoms with Crippen LogP contribution < -0.4 is 15.4 Å². The number of fused-ring (bicyclic) bond motifs is 1. The molecule has 0 saturated heterocycles. The van der Waals surface area contributed by atoms with Crippen LogP contribution in [0.15, 0.2) is 91.1 Å². The van der Waals surface area contributed by atoms with E-state index in [1.807, 2.05) is 91.0 Å². The molecule has 1 atom stereocenters. The summed E-state index contributed by atoms with van der Waals surface area (Å²) < 4.78 is 7.21. The molecule has 5 rings (SSSR count). The summed E-state index contributed by atoms with van der Waals surface area (Å²) in [5.41, 5.74) is 6.41. The largest absolute Gasteiger partial charge is 0.497 e. The number of hydrogen-bond donors (Lipinski definition) is 3. The summed E-state index contributed by atoms with van der Waals surface area (Å²) in [6.07, 6.45) is 1.95. The summed E-state index contributed by atoms with van der Waals surface area (Å²) in [7, 11) is 1.62. The standard InChI is InChI=1S/C32H30N4O4/c1-20-8-7-9-21(2)28(20)35-30-29(23-12-14-25(40-3)15-13-23)34-27-19-24(16-17-36(27)30)31(37)33-26(32(38)39)18-22-10-5-4-6-11-22/h4-17,19,26,35H,18H2,1-3H3,(H,33,37)(H,38,39). The Kier molecular flexibility index (Phi) is 7.50. The predicted molar refractivity (Wildman–Crippen MR) is 155 cm³/mol. The topological polar surface area (TPSA) is 105 Å². The van der Waals surface area contributed by atoms with E-state index in [-0.39, 0.29) is 6.42 Å². The summed E-state index contributed by atoms with van der Waals surface area (Å²) in [5, 5.41) is 16.0. The van der Waals surface area contributed by atoms with Crippen molar-refractivity contribution in [2.75, 3.05) is 12.4 Å². The molecule has 8 heteroatoms. The van der Waals surface area contributed by atoms with Crippen molar-refractivity contribution in [1.82, 2.24) is 14.7 Å². The van der Waals surface area contributed by atoms with Crippen LogP contribution in [0.3, 0.4) is 0 Å². The van der Waals surface area contributed by atoms with E-state index in [4.69, 9.17) is 9.72 Å². The minimum Gasteiger partial charge on any atom is -0.497 e. The number of carbonyl (C=O) groups is 2. The highest BCUT2D eigenvalue weighted by atomic mass is 16.5. The summed E-state index contributed by atoms with van der Waals surface area (Å²) in [4.78, 5) is 30.0. The molecule has 0 radical (unpaired) electrons. The highest BCUT2D eigenvalue weighted by Crippen LogP contribution is 2.34. The normalized spacial score (nSPS) is 11.7. The van der Waals surface area contributed by atoms with Gasteiger partial charge in [0.1, 0.15) is 29.0 Å². The lowest BCUT2D eigenvalue weighted by molar-refractivity contribution is -0.139. The van der Waals surface area contributed by atoms with Gasteiger partial charge >= 0.3 is 5.97 Å². The quantitative estimate of drug-likeness (QED) is 0.221. The number of aromatic nitrogens is 2. The number of hydrogen-bond acceptors (Lipinski definition) is 5. The van der Waals surface area contributed by atoms with Crippen LogP contribution in [0.1, 0.15) is 27.0 Å². The molecule has 0 saturated carbocycles. The first kappa shape index (κ1) is 26.5. The van der Waals surface area contributed by atoms with E-state index in [1.54, 1.807) is 25.4 Å². The van der Waals surface area contributed by atoms with Crippen molar-refractivity contribution in [1.29, 1.82) is 0 Å². The Labute approximate surface area is 232 Å². The summed E-state index contributed by atoms with van der Waals surface area (Å²) >= 11 is 0. The average molecular weight is 535 g/mol. The van der Waals surface area contributed by atoms with Gasteiger partial charge in [0.15, 0.2) is 0 Å².